The van der Waals surface area contributed by atoms with Crippen LogP contribution in [0.1, 0.15) is 40.7 Å². The number of nitrogens with zero attached hydrogens (tertiary/aromatic N) is 1. The van der Waals surface area contributed by atoms with Crippen molar-refractivity contribution < 1.29 is 22.7 Å². The van der Waals surface area contributed by atoms with Crippen molar-refractivity contribution >= 4 is 21.7 Å². The topological polar surface area (TPSA) is 80.8 Å². The Morgan fingerprint density at radius 2 is 1.72 bits per heavy atom. The summed E-state index contributed by atoms with van der Waals surface area (Å²) >= 11 is 0. The Hall–Kier alpha value is -2.67. The first-order chi connectivity index (χ1) is 13.8. The Morgan fingerprint density at radius 3 is 2.38 bits per heavy atom. The Balaban J connectivity index is 1.35. The van der Waals surface area contributed by atoms with Crippen molar-refractivity contribution in [3.8, 4) is 0 Å². The molecule has 0 bridgehead atoms. The number of amides is 1. The molecule has 2 aliphatic heterocycles. The number of piperidine rings is 1. The summed E-state index contributed by atoms with van der Waals surface area (Å²) < 4.78 is 28.8. The number of hydrogen-bond acceptors (Lipinski definition) is 5. The normalized spacial score (nSPS) is 17.8. The number of esters is 1. The smallest absolute Gasteiger partial charge is 0.339 e. The van der Waals surface area contributed by atoms with E-state index in [-0.39, 0.29) is 16.8 Å². The molecule has 2 aromatic carbocycles. The van der Waals surface area contributed by atoms with Gasteiger partial charge in [-0.05, 0) is 30.2 Å². The molecule has 2 aliphatic rings. The fourth-order valence-electron chi connectivity index (χ4n) is 4.15. The van der Waals surface area contributed by atoms with Gasteiger partial charge in [0.05, 0.1) is 10.5 Å². The van der Waals surface area contributed by atoms with E-state index in [1.165, 1.54) is 6.26 Å². The van der Waals surface area contributed by atoms with Crippen LogP contribution in [0, 0.1) is 0 Å². The van der Waals surface area contributed by atoms with E-state index in [1.54, 1.807) is 30.3 Å². The molecule has 0 aliphatic carbocycles. The van der Waals surface area contributed by atoms with E-state index in [0.29, 0.717) is 44.3 Å². The molecule has 7 heteroatoms. The Labute approximate surface area is 170 Å². The van der Waals surface area contributed by atoms with E-state index < -0.39 is 15.4 Å². The minimum Gasteiger partial charge on any atom is -0.450 e. The molecule has 0 aromatic heterocycles. The monoisotopic (exact) mass is 413 g/mol. The summed E-state index contributed by atoms with van der Waals surface area (Å²) in [4.78, 5) is 26.9. The van der Waals surface area contributed by atoms with Crippen molar-refractivity contribution in [1.29, 1.82) is 0 Å². The number of carbonyl (C=O) groups is 2. The first-order valence-corrected chi connectivity index (χ1v) is 11.6. The minimum absolute atomic E-state index is 0.0599. The van der Waals surface area contributed by atoms with Crippen molar-refractivity contribution in [2.45, 2.75) is 36.2 Å². The molecule has 0 N–H and O–H groups in total. The average Bonchev–Trinajstić information content (AvgIpc) is 2.98. The number of fused-ring (bicyclic) bond motifs is 2. The fraction of sp³-hybridized carbons (Fsp3) is 0.364. The van der Waals surface area contributed by atoms with Crippen LogP contribution in [-0.2, 0) is 31.4 Å². The second kappa shape index (κ2) is 7.30. The molecule has 1 saturated heterocycles. The number of carbonyl (C=O) groups excluding carboxylic acids is 2. The summed E-state index contributed by atoms with van der Waals surface area (Å²) in [5.74, 6) is -0.220. The number of likely N-dealkylation sites (tertiary alicyclic amines) is 1. The van der Waals surface area contributed by atoms with Crippen LogP contribution >= 0.6 is 0 Å². The van der Waals surface area contributed by atoms with Gasteiger partial charge in [0.1, 0.15) is 5.60 Å². The van der Waals surface area contributed by atoms with Gasteiger partial charge in [-0.1, -0.05) is 30.3 Å². The number of benzene rings is 2. The van der Waals surface area contributed by atoms with Gasteiger partial charge in [0.15, 0.2) is 9.84 Å². The molecule has 0 saturated carbocycles. The maximum absolute atomic E-state index is 12.6. The SMILES string of the molecule is CS(=O)(=O)c1ccc(CCC(=O)N2CCC3(CC2)OC(=O)c2ccccc23)cc1. The lowest BCUT2D eigenvalue weighted by Crippen LogP contribution is -2.45. The number of aryl methyl sites for hydroxylation is 1. The van der Waals surface area contributed by atoms with Gasteiger partial charge in [-0.15, -0.1) is 0 Å². The summed E-state index contributed by atoms with van der Waals surface area (Å²) in [6, 6.07) is 14.1. The molecule has 1 amide bonds. The lowest BCUT2D eigenvalue weighted by molar-refractivity contribution is -0.135. The van der Waals surface area contributed by atoms with Crippen molar-refractivity contribution in [3.63, 3.8) is 0 Å². The third-order valence-electron chi connectivity index (χ3n) is 5.83. The molecule has 29 heavy (non-hydrogen) atoms. The van der Waals surface area contributed by atoms with E-state index in [1.807, 2.05) is 23.1 Å². The molecule has 0 radical (unpaired) electrons. The number of rotatable bonds is 4. The van der Waals surface area contributed by atoms with Crippen molar-refractivity contribution in [2.24, 2.45) is 0 Å². The van der Waals surface area contributed by atoms with E-state index in [2.05, 4.69) is 0 Å². The molecule has 2 aromatic rings. The Kier molecular flexibility index (Phi) is 4.94. The van der Waals surface area contributed by atoms with Gasteiger partial charge in [0.25, 0.3) is 0 Å². The maximum Gasteiger partial charge on any atom is 0.339 e. The molecule has 0 atom stereocenters. The van der Waals surface area contributed by atoms with Gasteiger partial charge in [-0.2, -0.15) is 0 Å². The summed E-state index contributed by atoms with van der Waals surface area (Å²) in [7, 11) is -3.22. The van der Waals surface area contributed by atoms with Gasteiger partial charge in [0.2, 0.25) is 5.91 Å². The van der Waals surface area contributed by atoms with Crippen LogP contribution in [0.3, 0.4) is 0 Å². The summed E-state index contributed by atoms with van der Waals surface area (Å²) in [6.45, 7) is 1.10. The number of sulfone groups is 1. The molecular weight excluding hydrogens is 390 g/mol. The zero-order chi connectivity index (χ0) is 20.6. The molecule has 152 valence electrons. The van der Waals surface area contributed by atoms with E-state index in [4.69, 9.17) is 4.74 Å². The van der Waals surface area contributed by atoms with Crippen molar-refractivity contribution in [1.82, 2.24) is 4.90 Å². The lowest BCUT2D eigenvalue weighted by Gasteiger charge is -2.38. The molecular formula is C22H23NO5S. The van der Waals surface area contributed by atoms with E-state index in [0.717, 1.165) is 11.1 Å². The van der Waals surface area contributed by atoms with Crippen LogP contribution in [0.5, 0.6) is 0 Å². The molecule has 1 spiro atoms. The molecule has 4 rings (SSSR count). The first kappa shape index (κ1) is 19.6. The average molecular weight is 413 g/mol. The van der Waals surface area contributed by atoms with Crippen LogP contribution in [-0.4, -0.2) is 44.5 Å². The van der Waals surface area contributed by atoms with Crippen LogP contribution in [0.2, 0.25) is 0 Å². The Bertz CT molecular complexity index is 1050. The van der Waals surface area contributed by atoms with Gasteiger partial charge < -0.3 is 9.64 Å². The predicted molar refractivity (Wildman–Crippen MR) is 107 cm³/mol. The molecule has 2 heterocycles. The van der Waals surface area contributed by atoms with E-state index in [9.17, 15) is 18.0 Å². The van der Waals surface area contributed by atoms with Crippen molar-refractivity contribution in [2.75, 3.05) is 19.3 Å². The largest absolute Gasteiger partial charge is 0.450 e. The van der Waals surface area contributed by atoms with Gasteiger partial charge >= 0.3 is 5.97 Å². The molecule has 0 unspecified atom stereocenters. The van der Waals surface area contributed by atoms with Crippen molar-refractivity contribution in [3.05, 3.63) is 65.2 Å². The molecule has 6 nitrogen and oxygen atoms in total. The highest BCUT2D eigenvalue weighted by atomic mass is 32.2. The maximum atomic E-state index is 12.6. The third-order valence-corrected chi connectivity index (χ3v) is 6.96. The fourth-order valence-corrected chi connectivity index (χ4v) is 4.78. The van der Waals surface area contributed by atoms with E-state index >= 15 is 0 Å². The highest BCUT2D eigenvalue weighted by Crippen LogP contribution is 2.44. The molecule has 1 fully saturated rings. The first-order valence-electron chi connectivity index (χ1n) is 9.68. The number of hydrogen-bond donors (Lipinski definition) is 0. The zero-order valence-corrected chi connectivity index (χ0v) is 17.1. The second-order valence-electron chi connectivity index (χ2n) is 7.73. The summed E-state index contributed by atoms with van der Waals surface area (Å²) in [5, 5.41) is 0. The highest BCUT2D eigenvalue weighted by molar-refractivity contribution is 7.90. The quantitative estimate of drug-likeness (QED) is 0.720. The van der Waals surface area contributed by atoms with Crippen LogP contribution in [0.4, 0.5) is 0 Å². The third kappa shape index (κ3) is 3.79. The lowest BCUT2D eigenvalue weighted by atomic mass is 9.83. The highest BCUT2D eigenvalue weighted by Gasteiger charge is 2.47. The summed E-state index contributed by atoms with van der Waals surface area (Å²) in [5.41, 5.74) is 1.89. The van der Waals surface area contributed by atoms with Crippen LogP contribution in [0.15, 0.2) is 53.4 Å². The zero-order valence-electron chi connectivity index (χ0n) is 16.3. The van der Waals surface area contributed by atoms with Gasteiger partial charge in [-0.25, -0.2) is 13.2 Å². The van der Waals surface area contributed by atoms with Gasteiger partial charge in [-0.3, -0.25) is 4.79 Å². The number of ether oxygens (including phenoxy) is 1. The predicted octanol–water partition coefficient (Wildman–Crippen LogP) is 2.71. The van der Waals surface area contributed by atoms with Crippen LogP contribution < -0.4 is 0 Å². The Morgan fingerprint density at radius 1 is 1.07 bits per heavy atom. The van der Waals surface area contributed by atoms with Crippen LogP contribution in [0.25, 0.3) is 0 Å². The van der Waals surface area contributed by atoms with Gasteiger partial charge in [0, 0.05) is 44.2 Å². The minimum atomic E-state index is -3.22. The summed E-state index contributed by atoms with van der Waals surface area (Å²) in [6.07, 6.45) is 3.30. The second-order valence-corrected chi connectivity index (χ2v) is 9.74. The standard InChI is InChI=1S/C22H23NO5S/c1-29(26,27)17-9-6-16(7-10-17)8-11-20(24)23-14-12-22(13-15-23)19-5-3-2-4-18(19)21(25)28-22/h2-7,9-10H,8,11-15H2,1H3.